The summed E-state index contributed by atoms with van der Waals surface area (Å²) >= 11 is 5.94. The summed E-state index contributed by atoms with van der Waals surface area (Å²) in [5.74, 6) is -0.457. The minimum Gasteiger partial charge on any atom is -0.455 e. The highest BCUT2D eigenvalue weighted by Crippen LogP contribution is 2.26. The second-order valence-corrected chi connectivity index (χ2v) is 10.6. The third-order valence-corrected chi connectivity index (χ3v) is 7.89. The van der Waals surface area contributed by atoms with E-state index < -0.39 is 22.0 Å². The molecular formula is C25H26ClN3O5S. The van der Waals surface area contributed by atoms with Crippen molar-refractivity contribution in [3.63, 3.8) is 0 Å². The third kappa shape index (κ3) is 6.11. The van der Waals surface area contributed by atoms with Gasteiger partial charge < -0.3 is 15.1 Å². The Bertz CT molecular complexity index is 1280. The predicted molar refractivity (Wildman–Crippen MR) is 131 cm³/mol. The zero-order valence-electron chi connectivity index (χ0n) is 18.9. The number of nitrogens with zero attached hydrogens (tertiary/aromatic N) is 1. The van der Waals surface area contributed by atoms with E-state index in [1.54, 1.807) is 6.07 Å². The normalized spacial score (nSPS) is 16.5. The van der Waals surface area contributed by atoms with Crippen molar-refractivity contribution in [1.82, 2.24) is 14.9 Å². The average Bonchev–Trinajstić information content (AvgIpc) is 3.23. The first-order valence-corrected chi connectivity index (χ1v) is 13.1. The molecule has 8 nitrogen and oxygen atoms in total. The fourth-order valence-electron chi connectivity index (χ4n) is 3.91. The molecule has 1 fully saturated rings. The van der Waals surface area contributed by atoms with Gasteiger partial charge in [0.2, 0.25) is 15.9 Å². The quantitative estimate of drug-likeness (QED) is 0.475. The molecule has 0 saturated carbocycles. The molecule has 2 N–H and O–H groups in total. The van der Waals surface area contributed by atoms with E-state index in [2.05, 4.69) is 10.6 Å². The minimum absolute atomic E-state index is 0.0198. The number of hydrogen-bond acceptors (Lipinski definition) is 5. The van der Waals surface area contributed by atoms with Crippen molar-refractivity contribution >= 4 is 33.4 Å². The molecule has 1 atom stereocenters. The molecule has 2 heterocycles. The third-order valence-electron chi connectivity index (χ3n) is 5.77. The summed E-state index contributed by atoms with van der Waals surface area (Å²) in [7, 11) is -4.07. The minimum atomic E-state index is -4.07. The molecule has 0 spiro atoms. The first-order chi connectivity index (χ1) is 16.8. The highest BCUT2D eigenvalue weighted by Gasteiger charge is 2.37. The SMILES string of the molecule is O=C(NCc1ccccc1)c1ccc(CN([C@@H]2CCCCNC2=O)S(=O)(=O)c2ccc(Cl)cc2)o1. The monoisotopic (exact) mass is 515 g/mol. The zero-order valence-corrected chi connectivity index (χ0v) is 20.5. The van der Waals surface area contributed by atoms with E-state index in [9.17, 15) is 18.0 Å². The van der Waals surface area contributed by atoms with Crippen LogP contribution in [0.3, 0.4) is 0 Å². The number of carbonyl (C=O) groups is 2. The molecule has 1 saturated heterocycles. The van der Waals surface area contributed by atoms with Gasteiger partial charge in [0, 0.05) is 18.1 Å². The molecule has 0 radical (unpaired) electrons. The van der Waals surface area contributed by atoms with Crippen LogP contribution in [0, 0.1) is 0 Å². The Kier molecular flexibility index (Phi) is 7.90. The van der Waals surface area contributed by atoms with Gasteiger partial charge in [0.15, 0.2) is 5.76 Å². The molecule has 2 amide bonds. The lowest BCUT2D eigenvalue weighted by Crippen LogP contribution is -2.48. The van der Waals surface area contributed by atoms with E-state index in [4.69, 9.17) is 16.0 Å². The van der Waals surface area contributed by atoms with Crippen LogP contribution in [0.25, 0.3) is 0 Å². The van der Waals surface area contributed by atoms with Gasteiger partial charge in [-0.2, -0.15) is 4.31 Å². The van der Waals surface area contributed by atoms with Gasteiger partial charge >= 0.3 is 0 Å². The van der Waals surface area contributed by atoms with Crippen molar-refractivity contribution in [1.29, 1.82) is 0 Å². The van der Waals surface area contributed by atoms with Gasteiger partial charge in [-0.3, -0.25) is 9.59 Å². The van der Waals surface area contributed by atoms with Crippen molar-refractivity contribution in [2.75, 3.05) is 6.54 Å². The Morgan fingerprint density at radius 2 is 1.80 bits per heavy atom. The average molecular weight is 516 g/mol. The van der Waals surface area contributed by atoms with Crippen molar-refractivity contribution < 1.29 is 22.4 Å². The summed E-state index contributed by atoms with van der Waals surface area (Å²) in [6.45, 7) is 0.626. The van der Waals surface area contributed by atoms with Crippen molar-refractivity contribution in [3.8, 4) is 0 Å². The molecule has 10 heteroatoms. The summed E-state index contributed by atoms with van der Waals surface area (Å²) < 4.78 is 34.0. The van der Waals surface area contributed by atoms with E-state index in [-0.39, 0.29) is 28.9 Å². The number of furan rings is 1. The van der Waals surface area contributed by atoms with Crippen molar-refractivity contribution in [2.24, 2.45) is 0 Å². The summed E-state index contributed by atoms with van der Waals surface area (Å²) in [5, 5.41) is 5.97. The lowest BCUT2D eigenvalue weighted by atomic mass is 10.1. The van der Waals surface area contributed by atoms with Crippen molar-refractivity contribution in [3.05, 3.63) is 88.8 Å². The smallest absolute Gasteiger partial charge is 0.287 e. The van der Waals surface area contributed by atoms with Crippen LogP contribution in [-0.2, 0) is 27.9 Å². The first-order valence-electron chi connectivity index (χ1n) is 11.3. The number of halogens is 1. The maximum atomic E-state index is 13.6. The predicted octanol–water partition coefficient (Wildman–Crippen LogP) is 3.72. The summed E-state index contributed by atoms with van der Waals surface area (Å²) in [6.07, 6.45) is 1.84. The summed E-state index contributed by atoms with van der Waals surface area (Å²) in [4.78, 5) is 25.4. The van der Waals surface area contributed by atoms with Gasteiger partial charge in [-0.15, -0.1) is 0 Å². The number of nitrogens with one attached hydrogen (secondary N) is 2. The largest absolute Gasteiger partial charge is 0.455 e. The van der Waals surface area contributed by atoms with Gasteiger partial charge in [-0.25, -0.2) is 8.42 Å². The first kappa shape index (κ1) is 25.0. The molecule has 35 heavy (non-hydrogen) atoms. The number of amides is 2. The molecule has 4 rings (SSSR count). The van der Waals surface area contributed by atoms with E-state index in [0.29, 0.717) is 31.0 Å². The fourth-order valence-corrected chi connectivity index (χ4v) is 5.62. The molecule has 0 aliphatic carbocycles. The summed E-state index contributed by atoms with van der Waals surface area (Å²) in [6, 6.07) is 17.4. The Labute approximate surface area is 209 Å². The van der Waals surface area contributed by atoms with Crippen LogP contribution in [0.2, 0.25) is 5.02 Å². The number of rotatable bonds is 8. The zero-order chi connectivity index (χ0) is 24.8. The lowest BCUT2D eigenvalue weighted by Gasteiger charge is -2.28. The molecule has 0 unspecified atom stereocenters. The molecule has 0 bridgehead atoms. The standard InChI is InChI=1S/C25H26ClN3O5S/c26-19-9-12-21(13-10-19)35(32,33)29(22-8-4-5-15-27-24(22)30)17-20-11-14-23(34-20)25(31)28-16-18-6-2-1-3-7-18/h1-3,6-7,9-14,22H,4-5,8,15-17H2,(H,27,30)(H,28,31)/t22-/m1/s1. The van der Waals surface area contributed by atoms with Crippen LogP contribution in [-0.4, -0.2) is 37.1 Å². The molecule has 1 aromatic heterocycles. The lowest BCUT2D eigenvalue weighted by molar-refractivity contribution is -0.124. The van der Waals surface area contributed by atoms with Crippen LogP contribution in [0.5, 0.6) is 0 Å². The van der Waals surface area contributed by atoms with Crippen molar-refractivity contribution in [2.45, 2.75) is 43.3 Å². The Hall–Kier alpha value is -3.14. The molecule has 3 aromatic rings. The van der Waals surface area contributed by atoms with Crippen LogP contribution in [0.15, 0.2) is 76.0 Å². The van der Waals surface area contributed by atoms with Crippen LogP contribution < -0.4 is 10.6 Å². The van der Waals surface area contributed by atoms with Gasteiger partial charge in [0.05, 0.1) is 11.4 Å². The fraction of sp³-hybridized carbons (Fsp3) is 0.280. The topological polar surface area (TPSA) is 109 Å². The molecule has 184 valence electrons. The Morgan fingerprint density at radius 3 is 2.54 bits per heavy atom. The van der Waals surface area contributed by atoms with Gasteiger partial charge in [0.1, 0.15) is 11.8 Å². The number of hydrogen-bond donors (Lipinski definition) is 2. The van der Waals surface area contributed by atoms with Crippen LogP contribution in [0.4, 0.5) is 0 Å². The van der Waals surface area contributed by atoms with Crippen LogP contribution in [0.1, 0.15) is 41.1 Å². The van der Waals surface area contributed by atoms with E-state index in [1.165, 1.54) is 30.3 Å². The maximum Gasteiger partial charge on any atom is 0.287 e. The van der Waals surface area contributed by atoms with E-state index in [1.807, 2.05) is 30.3 Å². The maximum absolute atomic E-state index is 13.6. The molecular weight excluding hydrogens is 490 g/mol. The van der Waals surface area contributed by atoms with E-state index >= 15 is 0 Å². The van der Waals surface area contributed by atoms with Gasteiger partial charge in [-0.05, 0) is 61.2 Å². The van der Waals surface area contributed by atoms with Gasteiger partial charge in [-0.1, -0.05) is 41.9 Å². The van der Waals surface area contributed by atoms with E-state index in [0.717, 1.165) is 16.3 Å². The second-order valence-electron chi connectivity index (χ2n) is 8.24. The number of benzene rings is 2. The summed E-state index contributed by atoms with van der Waals surface area (Å²) in [5.41, 5.74) is 0.937. The molecule has 1 aliphatic rings. The Balaban J connectivity index is 1.56. The highest BCUT2D eigenvalue weighted by molar-refractivity contribution is 7.89. The highest BCUT2D eigenvalue weighted by atomic mass is 35.5. The molecule has 2 aromatic carbocycles. The molecule has 1 aliphatic heterocycles. The Morgan fingerprint density at radius 1 is 1.06 bits per heavy atom. The van der Waals surface area contributed by atoms with Gasteiger partial charge in [0.25, 0.3) is 5.91 Å². The number of carbonyl (C=O) groups excluding carboxylic acids is 2. The number of sulfonamides is 1. The second kappa shape index (κ2) is 11.1. The van der Waals surface area contributed by atoms with Crippen LogP contribution >= 0.6 is 11.6 Å².